The summed E-state index contributed by atoms with van der Waals surface area (Å²) < 4.78 is 7.53. The fraction of sp³-hybridized carbons (Fsp3) is 0.833. The van der Waals surface area contributed by atoms with E-state index in [9.17, 15) is 0 Å². The molecule has 0 aliphatic carbocycles. The number of rotatable bonds is 8. The number of ether oxygens (including phenoxy) is 1. The Morgan fingerprint density at radius 2 is 2.24 bits per heavy atom. The maximum Gasteiger partial charge on any atom is 0.0843 e. The monoisotopic (exact) mass is 240 g/mol. The summed E-state index contributed by atoms with van der Waals surface area (Å²) in [5.41, 5.74) is 1.01. The molecule has 2 unspecified atom stereocenters. The van der Waals surface area contributed by atoms with Crippen molar-refractivity contribution in [2.24, 2.45) is 7.05 Å². The van der Waals surface area contributed by atoms with Crippen LogP contribution < -0.4 is 5.32 Å². The molecule has 0 spiro atoms. The first-order valence-corrected chi connectivity index (χ1v) is 6.35. The van der Waals surface area contributed by atoms with Crippen LogP contribution in [-0.4, -0.2) is 40.8 Å². The second-order valence-electron chi connectivity index (χ2n) is 4.27. The van der Waals surface area contributed by atoms with Gasteiger partial charge in [-0.2, -0.15) is 0 Å². The molecule has 1 N–H and O–H groups in total. The molecule has 5 heteroatoms. The van der Waals surface area contributed by atoms with Crippen LogP contribution in [0, 0.1) is 0 Å². The van der Waals surface area contributed by atoms with Crippen molar-refractivity contribution in [2.75, 3.05) is 13.7 Å². The molecule has 0 aliphatic rings. The molecule has 0 saturated carbocycles. The Morgan fingerprint density at radius 1 is 1.47 bits per heavy atom. The first-order valence-electron chi connectivity index (χ1n) is 6.35. The van der Waals surface area contributed by atoms with E-state index in [1.807, 2.05) is 27.2 Å². The van der Waals surface area contributed by atoms with Gasteiger partial charge in [0.2, 0.25) is 0 Å². The summed E-state index contributed by atoms with van der Waals surface area (Å²) in [4.78, 5) is 0. The predicted molar refractivity (Wildman–Crippen MR) is 67.9 cm³/mol. The lowest BCUT2D eigenvalue weighted by molar-refractivity contribution is 0.0298. The number of aryl methyl sites for hydroxylation is 1. The number of nitrogens with zero attached hydrogens (tertiary/aromatic N) is 3. The summed E-state index contributed by atoms with van der Waals surface area (Å²) in [5.74, 6) is 0. The average molecular weight is 240 g/mol. The smallest absolute Gasteiger partial charge is 0.0843 e. The van der Waals surface area contributed by atoms with Gasteiger partial charge >= 0.3 is 0 Å². The Morgan fingerprint density at radius 3 is 2.71 bits per heavy atom. The van der Waals surface area contributed by atoms with E-state index in [-0.39, 0.29) is 6.10 Å². The van der Waals surface area contributed by atoms with Crippen LogP contribution in [0.25, 0.3) is 0 Å². The first-order chi connectivity index (χ1) is 8.21. The molecule has 1 rings (SSSR count). The van der Waals surface area contributed by atoms with Crippen LogP contribution in [0.3, 0.4) is 0 Å². The van der Waals surface area contributed by atoms with Gasteiger partial charge in [0.05, 0.1) is 11.8 Å². The highest BCUT2D eigenvalue weighted by molar-refractivity contribution is 4.97. The lowest BCUT2D eigenvalue weighted by Crippen LogP contribution is -2.41. The molecule has 0 bridgehead atoms. The van der Waals surface area contributed by atoms with E-state index in [0.29, 0.717) is 6.04 Å². The first kappa shape index (κ1) is 14.1. The summed E-state index contributed by atoms with van der Waals surface area (Å²) in [7, 11) is 3.86. The fourth-order valence-corrected chi connectivity index (χ4v) is 2.03. The van der Waals surface area contributed by atoms with Gasteiger partial charge < -0.3 is 10.1 Å². The van der Waals surface area contributed by atoms with Crippen molar-refractivity contribution in [3.63, 3.8) is 0 Å². The van der Waals surface area contributed by atoms with Crippen molar-refractivity contribution in [3.05, 3.63) is 11.9 Å². The van der Waals surface area contributed by atoms with Gasteiger partial charge in [0.25, 0.3) is 0 Å². The molecule has 98 valence electrons. The zero-order chi connectivity index (χ0) is 12.7. The van der Waals surface area contributed by atoms with Gasteiger partial charge in [-0.15, -0.1) is 5.10 Å². The predicted octanol–water partition coefficient (Wildman–Crippen LogP) is 1.15. The third-order valence-corrected chi connectivity index (χ3v) is 2.85. The fourth-order valence-electron chi connectivity index (χ4n) is 2.03. The second kappa shape index (κ2) is 7.40. The van der Waals surface area contributed by atoms with Crippen LogP contribution in [0.15, 0.2) is 6.20 Å². The van der Waals surface area contributed by atoms with E-state index in [2.05, 4.69) is 22.6 Å². The minimum Gasteiger partial charge on any atom is -0.377 e. The van der Waals surface area contributed by atoms with Crippen molar-refractivity contribution in [1.82, 2.24) is 20.3 Å². The minimum absolute atomic E-state index is 0.247. The van der Waals surface area contributed by atoms with Crippen LogP contribution in [0.2, 0.25) is 0 Å². The highest BCUT2D eigenvalue weighted by Crippen LogP contribution is 2.11. The zero-order valence-corrected chi connectivity index (χ0v) is 11.3. The Balaban J connectivity index is 2.61. The number of likely N-dealkylation sites (N-methyl/N-ethyl adjacent to an activating group) is 1. The summed E-state index contributed by atoms with van der Waals surface area (Å²) in [6.07, 6.45) is 5.26. The Hall–Kier alpha value is -0.940. The Labute approximate surface area is 104 Å². The topological polar surface area (TPSA) is 52.0 Å². The molecule has 0 radical (unpaired) electrons. The van der Waals surface area contributed by atoms with Gasteiger partial charge in [-0.25, -0.2) is 0 Å². The van der Waals surface area contributed by atoms with Gasteiger partial charge in [0.15, 0.2) is 0 Å². The van der Waals surface area contributed by atoms with E-state index < -0.39 is 0 Å². The van der Waals surface area contributed by atoms with E-state index in [1.165, 1.54) is 0 Å². The highest BCUT2D eigenvalue weighted by Gasteiger charge is 2.21. The molecule has 0 saturated heterocycles. The standard InChI is InChI=1S/C12H24N4O/c1-5-7-12(17-6-2)11(13-3)8-10-9-16(4)15-14-10/h9,11-13H,5-8H2,1-4H3. The molecular formula is C12H24N4O. The van der Waals surface area contributed by atoms with Crippen LogP contribution in [0.1, 0.15) is 32.4 Å². The van der Waals surface area contributed by atoms with E-state index in [0.717, 1.165) is 31.6 Å². The lowest BCUT2D eigenvalue weighted by atomic mass is 10.0. The van der Waals surface area contributed by atoms with Crippen LogP contribution in [0.4, 0.5) is 0 Å². The largest absolute Gasteiger partial charge is 0.377 e. The van der Waals surface area contributed by atoms with Crippen LogP contribution in [0.5, 0.6) is 0 Å². The van der Waals surface area contributed by atoms with Crippen molar-refractivity contribution < 1.29 is 4.74 Å². The van der Waals surface area contributed by atoms with E-state index in [4.69, 9.17) is 4.74 Å². The van der Waals surface area contributed by atoms with Crippen molar-refractivity contribution in [2.45, 2.75) is 45.3 Å². The normalized spacial score (nSPS) is 14.8. The number of hydrogen-bond donors (Lipinski definition) is 1. The number of aromatic nitrogens is 3. The lowest BCUT2D eigenvalue weighted by Gasteiger charge is -2.25. The molecule has 5 nitrogen and oxygen atoms in total. The maximum atomic E-state index is 5.80. The maximum absolute atomic E-state index is 5.80. The molecule has 1 heterocycles. The quantitative estimate of drug-likeness (QED) is 0.740. The van der Waals surface area contributed by atoms with Crippen molar-refractivity contribution >= 4 is 0 Å². The molecule has 1 aromatic heterocycles. The summed E-state index contributed by atoms with van der Waals surface area (Å²) >= 11 is 0. The highest BCUT2D eigenvalue weighted by atomic mass is 16.5. The minimum atomic E-state index is 0.247. The molecule has 2 atom stereocenters. The van der Waals surface area contributed by atoms with Gasteiger partial charge in [0, 0.05) is 32.3 Å². The van der Waals surface area contributed by atoms with Crippen molar-refractivity contribution in [1.29, 1.82) is 0 Å². The molecule has 1 aromatic rings. The molecule has 17 heavy (non-hydrogen) atoms. The van der Waals surface area contributed by atoms with Crippen molar-refractivity contribution in [3.8, 4) is 0 Å². The molecular weight excluding hydrogens is 216 g/mol. The van der Waals surface area contributed by atoms with E-state index >= 15 is 0 Å². The summed E-state index contributed by atoms with van der Waals surface area (Å²) in [6, 6.07) is 0.298. The Bertz CT molecular complexity index is 307. The molecule has 0 amide bonds. The van der Waals surface area contributed by atoms with Gasteiger partial charge in [-0.05, 0) is 20.4 Å². The average Bonchev–Trinajstić information content (AvgIpc) is 2.72. The Kier molecular flexibility index (Phi) is 6.15. The van der Waals surface area contributed by atoms with Gasteiger partial charge in [-0.1, -0.05) is 18.6 Å². The van der Waals surface area contributed by atoms with Gasteiger partial charge in [-0.3, -0.25) is 4.68 Å². The SMILES string of the molecule is CCCC(OCC)C(Cc1cn(C)nn1)NC. The molecule has 0 fully saturated rings. The van der Waals surface area contributed by atoms with Gasteiger partial charge in [0.1, 0.15) is 0 Å². The van der Waals surface area contributed by atoms with Crippen LogP contribution >= 0.6 is 0 Å². The second-order valence-corrected chi connectivity index (χ2v) is 4.27. The summed E-state index contributed by atoms with van der Waals surface area (Å²) in [5, 5.41) is 11.4. The summed E-state index contributed by atoms with van der Waals surface area (Å²) in [6.45, 7) is 4.97. The third-order valence-electron chi connectivity index (χ3n) is 2.85. The molecule has 0 aromatic carbocycles. The zero-order valence-electron chi connectivity index (χ0n) is 11.3. The molecule has 0 aliphatic heterocycles. The van der Waals surface area contributed by atoms with Crippen LogP contribution in [-0.2, 0) is 18.2 Å². The van der Waals surface area contributed by atoms with E-state index in [1.54, 1.807) is 4.68 Å². The number of hydrogen-bond acceptors (Lipinski definition) is 4. The third kappa shape index (κ3) is 4.44. The number of nitrogens with one attached hydrogen (secondary N) is 1.